The SMILES string of the molecule is CCN/C=C(/C/C(N)=C/C(C)=N)C(=N)Cl. The maximum Gasteiger partial charge on any atom is 0.125 e. The van der Waals surface area contributed by atoms with E-state index in [1.807, 2.05) is 6.92 Å². The lowest BCUT2D eigenvalue weighted by molar-refractivity contribution is 0.906. The van der Waals surface area contributed by atoms with E-state index in [1.54, 1.807) is 19.2 Å². The molecule has 0 heterocycles. The van der Waals surface area contributed by atoms with Crippen LogP contribution in [0.25, 0.3) is 0 Å². The van der Waals surface area contributed by atoms with Crippen LogP contribution in [-0.2, 0) is 0 Å². The topological polar surface area (TPSA) is 85.8 Å². The second kappa shape index (κ2) is 7.06. The molecule has 0 atom stereocenters. The maximum atomic E-state index is 7.33. The fourth-order valence-electron chi connectivity index (χ4n) is 0.966. The Morgan fingerprint density at radius 3 is 2.47 bits per heavy atom. The number of halogens is 1. The van der Waals surface area contributed by atoms with Crippen molar-refractivity contribution in [3.8, 4) is 0 Å². The standard InChI is InChI=1S/C10H17ClN4/c1-3-15-6-8(10(11)14)5-9(13)4-7(2)12/h4,6,12,14-15H,3,5,13H2,1-2H3/b8-6-,9-4-,12-7?,14-10?. The number of hydrogen-bond donors (Lipinski definition) is 4. The first-order chi connectivity index (χ1) is 6.97. The van der Waals surface area contributed by atoms with Crippen molar-refractivity contribution in [2.45, 2.75) is 20.3 Å². The lowest BCUT2D eigenvalue weighted by Crippen LogP contribution is -2.10. The van der Waals surface area contributed by atoms with Crippen molar-refractivity contribution in [1.82, 2.24) is 5.32 Å². The van der Waals surface area contributed by atoms with E-state index in [-0.39, 0.29) is 5.17 Å². The molecule has 0 radical (unpaired) electrons. The molecule has 0 saturated heterocycles. The lowest BCUT2D eigenvalue weighted by atomic mass is 10.1. The van der Waals surface area contributed by atoms with Gasteiger partial charge in [-0.15, -0.1) is 0 Å². The van der Waals surface area contributed by atoms with E-state index in [1.165, 1.54) is 0 Å². The third-order valence-electron chi connectivity index (χ3n) is 1.56. The molecule has 0 amide bonds. The highest BCUT2D eigenvalue weighted by Gasteiger charge is 2.03. The molecule has 0 aromatic rings. The zero-order valence-electron chi connectivity index (χ0n) is 9.02. The molecule has 0 unspecified atom stereocenters. The van der Waals surface area contributed by atoms with E-state index in [4.69, 9.17) is 28.2 Å². The molecule has 4 nitrogen and oxygen atoms in total. The minimum atomic E-state index is -0.0325. The van der Waals surface area contributed by atoms with Crippen LogP contribution in [0.4, 0.5) is 0 Å². The first kappa shape index (κ1) is 13.7. The van der Waals surface area contributed by atoms with Crippen LogP contribution < -0.4 is 11.1 Å². The predicted octanol–water partition coefficient (Wildman–Crippen LogP) is 1.97. The summed E-state index contributed by atoms with van der Waals surface area (Å²) >= 11 is 5.60. The largest absolute Gasteiger partial charge is 0.402 e. The molecule has 0 aliphatic heterocycles. The van der Waals surface area contributed by atoms with E-state index in [2.05, 4.69) is 5.32 Å². The van der Waals surface area contributed by atoms with Crippen molar-refractivity contribution >= 4 is 22.5 Å². The number of nitrogens with two attached hydrogens (primary N) is 1. The average Bonchev–Trinajstić information content (AvgIpc) is 2.10. The van der Waals surface area contributed by atoms with Gasteiger partial charge in [-0.2, -0.15) is 0 Å². The first-order valence-corrected chi connectivity index (χ1v) is 5.03. The highest BCUT2D eigenvalue weighted by molar-refractivity contribution is 6.68. The predicted molar refractivity (Wildman–Crippen MR) is 65.6 cm³/mol. The Hall–Kier alpha value is -1.29. The minimum Gasteiger partial charge on any atom is -0.402 e. The van der Waals surface area contributed by atoms with Gasteiger partial charge in [0.2, 0.25) is 0 Å². The second-order valence-corrected chi connectivity index (χ2v) is 3.50. The van der Waals surface area contributed by atoms with Crippen molar-refractivity contribution in [2.75, 3.05) is 6.54 Å². The highest BCUT2D eigenvalue weighted by Crippen LogP contribution is 2.10. The summed E-state index contributed by atoms with van der Waals surface area (Å²) in [5.41, 5.74) is 7.21. The molecule has 0 rings (SSSR count). The second-order valence-electron chi connectivity index (χ2n) is 3.12. The fourth-order valence-corrected chi connectivity index (χ4v) is 1.09. The third-order valence-corrected chi connectivity index (χ3v) is 1.80. The summed E-state index contributed by atoms with van der Waals surface area (Å²) < 4.78 is 0. The normalized spacial score (nSPS) is 12.5. The monoisotopic (exact) mass is 228 g/mol. The Balaban J connectivity index is 4.55. The number of rotatable bonds is 6. The van der Waals surface area contributed by atoms with Crippen LogP contribution in [0.5, 0.6) is 0 Å². The molecular weight excluding hydrogens is 212 g/mol. The van der Waals surface area contributed by atoms with Crippen LogP contribution in [0, 0.1) is 10.8 Å². The van der Waals surface area contributed by atoms with Gasteiger partial charge in [0, 0.05) is 36.1 Å². The minimum absolute atomic E-state index is 0.0325. The van der Waals surface area contributed by atoms with E-state index in [0.29, 0.717) is 23.4 Å². The lowest BCUT2D eigenvalue weighted by Gasteiger charge is -2.05. The molecule has 0 spiro atoms. The Kier molecular flexibility index (Phi) is 6.45. The van der Waals surface area contributed by atoms with E-state index in [0.717, 1.165) is 6.54 Å². The van der Waals surface area contributed by atoms with Crippen LogP contribution in [0.3, 0.4) is 0 Å². The Morgan fingerprint density at radius 2 is 2.07 bits per heavy atom. The van der Waals surface area contributed by atoms with Gasteiger partial charge in [0.1, 0.15) is 5.17 Å². The van der Waals surface area contributed by atoms with Gasteiger partial charge >= 0.3 is 0 Å². The van der Waals surface area contributed by atoms with E-state index >= 15 is 0 Å². The molecule has 0 saturated carbocycles. The summed E-state index contributed by atoms with van der Waals surface area (Å²) in [6, 6.07) is 0. The number of nitrogens with one attached hydrogen (secondary N) is 3. The van der Waals surface area contributed by atoms with Crippen molar-refractivity contribution in [3.05, 3.63) is 23.5 Å². The average molecular weight is 229 g/mol. The van der Waals surface area contributed by atoms with Crippen LogP contribution >= 0.6 is 11.6 Å². The summed E-state index contributed by atoms with van der Waals surface area (Å²) in [4.78, 5) is 0. The van der Waals surface area contributed by atoms with Gasteiger partial charge < -0.3 is 16.5 Å². The van der Waals surface area contributed by atoms with Crippen LogP contribution in [0.2, 0.25) is 0 Å². The zero-order valence-corrected chi connectivity index (χ0v) is 9.78. The number of allylic oxidation sites excluding steroid dienone is 2. The van der Waals surface area contributed by atoms with Crippen molar-refractivity contribution in [1.29, 1.82) is 10.8 Å². The quantitative estimate of drug-likeness (QED) is 0.524. The molecule has 0 bridgehead atoms. The van der Waals surface area contributed by atoms with Gasteiger partial charge in [0.05, 0.1) is 0 Å². The highest BCUT2D eigenvalue weighted by atomic mass is 35.5. The molecule has 5 heteroatoms. The molecular formula is C10H17ClN4. The molecule has 5 N–H and O–H groups in total. The number of hydrogen-bond acceptors (Lipinski definition) is 4. The molecule has 0 aliphatic rings. The molecule has 0 aliphatic carbocycles. The summed E-state index contributed by atoms with van der Waals surface area (Å²) in [5, 5.41) is 17.5. The molecule has 0 aromatic carbocycles. The van der Waals surface area contributed by atoms with Gasteiger partial charge in [-0.25, -0.2) is 0 Å². The van der Waals surface area contributed by atoms with Gasteiger partial charge in [0.25, 0.3) is 0 Å². The van der Waals surface area contributed by atoms with Crippen LogP contribution in [-0.4, -0.2) is 17.4 Å². The van der Waals surface area contributed by atoms with Crippen LogP contribution in [0.15, 0.2) is 23.5 Å². The van der Waals surface area contributed by atoms with Gasteiger partial charge in [-0.1, -0.05) is 11.6 Å². The van der Waals surface area contributed by atoms with Gasteiger partial charge in [0.15, 0.2) is 0 Å². The molecule has 0 aromatic heterocycles. The van der Waals surface area contributed by atoms with Crippen LogP contribution in [0.1, 0.15) is 20.3 Å². The molecule has 84 valence electrons. The first-order valence-electron chi connectivity index (χ1n) is 4.65. The molecule has 15 heavy (non-hydrogen) atoms. The van der Waals surface area contributed by atoms with Gasteiger partial charge in [-0.05, 0) is 19.9 Å². The van der Waals surface area contributed by atoms with E-state index in [9.17, 15) is 0 Å². The van der Waals surface area contributed by atoms with Crippen molar-refractivity contribution in [3.63, 3.8) is 0 Å². The Labute approximate surface area is 95.2 Å². The fraction of sp³-hybridized carbons (Fsp3) is 0.400. The smallest absolute Gasteiger partial charge is 0.125 e. The third kappa shape index (κ3) is 6.74. The zero-order chi connectivity index (χ0) is 11.8. The summed E-state index contributed by atoms with van der Waals surface area (Å²) in [7, 11) is 0. The summed E-state index contributed by atoms with van der Waals surface area (Å²) in [5.74, 6) is 0. The van der Waals surface area contributed by atoms with Gasteiger partial charge in [-0.3, -0.25) is 5.41 Å². The summed E-state index contributed by atoms with van der Waals surface area (Å²) in [6.07, 6.45) is 3.61. The van der Waals surface area contributed by atoms with E-state index < -0.39 is 0 Å². The summed E-state index contributed by atoms with van der Waals surface area (Å²) in [6.45, 7) is 4.36. The van der Waals surface area contributed by atoms with Crippen molar-refractivity contribution in [2.24, 2.45) is 5.73 Å². The van der Waals surface area contributed by atoms with Crippen molar-refractivity contribution < 1.29 is 0 Å². The Bertz CT molecular complexity index is 305. The Morgan fingerprint density at radius 1 is 1.47 bits per heavy atom. The molecule has 0 fully saturated rings. The maximum absolute atomic E-state index is 7.33.